The number of hydrogen-bond acceptors (Lipinski definition) is 6. The van der Waals surface area contributed by atoms with Crippen molar-refractivity contribution in [3.05, 3.63) is 11.9 Å². The maximum atomic E-state index is 12.5. The third kappa shape index (κ3) is 16.9. The molecule has 0 aromatic carbocycles. The van der Waals surface area contributed by atoms with Crippen molar-refractivity contribution in [1.82, 2.24) is 0 Å². The fourth-order valence-electron chi connectivity index (χ4n) is 1.24. The summed E-state index contributed by atoms with van der Waals surface area (Å²) >= 11 is 9.28. The molecule has 0 spiro atoms. The van der Waals surface area contributed by atoms with Gasteiger partial charge in [-0.05, 0) is 19.3 Å². The predicted octanol–water partition coefficient (Wildman–Crippen LogP) is 4.72. The molecule has 114 valence electrons. The molecule has 0 aromatic rings. The van der Waals surface area contributed by atoms with E-state index in [4.69, 9.17) is 9.29 Å². The van der Waals surface area contributed by atoms with Crippen molar-refractivity contribution in [3.63, 3.8) is 0 Å². The van der Waals surface area contributed by atoms with Crippen LogP contribution in [0.1, 0.15) is 32.1 Å². The first-order chi connectivity index (χ1) is 9.31. The summed E-state index contributed by atoms with van der Waals surface area (Å²) in [6, 6.07) is 0. The summed E-state index contributed by atoms with van der Waals surface area (Å²) < 4.78 is 18.0. The van der Waals surface area contributed by atoms with Gasteiger partial charge in [0.1, 0.15) is 5.83 Å². The molecule has 0 unspecified atom stereocenters. The third-order valence-corrected chi connectivity index (χ3v) is 5.62. The fraction of sp³-hybridized carbons (Fsp3) is 0.833. The molecule has 0 fully saturated rings. The van der Waals surface area contributed by atoms with E-state index in [9.17, 15) is 4.39 Å². The van der Waals surface area contributed by atoms with Crippen molar-refractivity contribution in [2.45, 2.75) is 32.1 Å². The van der Waals surface area contributed by atoms with Gasteiger partial charge in [-0.2, -0.15) is 12.6 Å². The molecular weight excluding hydrogens is 323 g/mol. The first-order valence-electron chi connectivity index (χ1n) is 6.27. The van der Waals surface area contributed by atoms with Gasteiger partial charge in [0.05, 0.1) is 18.3 Å². The van der Waals surface area contributed by atoms with Crippen LogP contribution >= 0.6 is 48.2 Å². The SMILES string of the molecule is OC/C(F)=C/CCCCCCOSCSCSCS. The van der Waals surface area contributed by atoms with Gasteiger partial charge in [-0.1, -0.05) is 18.9 Å². The quantitative estimate of drug-likeness (QED) is 0.206. The molecule has 0 bridgehead atoms. The van der Waals surface area contributed by atoms with Crippen LogP contribution in [-0.2, 0) is 4.18 Å². The summed E-state index contributed by atoms with van der Waals surface area (Å²) in [4.78, 5) is 0. The molecule has 7 heteroatoms. The van der Waals surface area contributed by atoms with Gasteiger partial charge < -0.3 is 9.29 Å². The van der Waals surface area contributed by atoms with Crippen molar-refractivity contribution < 1.29 is 13.7 Å². The average molecular weight is 347 g/mol. The van der Waals surface area contributed by atoms with Gasteiger partial charge in [0.25, 0.3) is 0 Å². The predicted molar refractivity (Wildman–Crippen MR) is 91.7 cm³/mol. The largest absolute Gasteiger partial charge is 0.389 e. The zero-order chi connectivity index (χ0) is 14.2. The number of aliphatic hydroxyl groups is 1. The van der Waals surface area contributed by atoms with Crippen LogP contribution in [0.25, 0.3) is 0 Å². The van der Waals surface area contributed by atoms with E-state index < -0.39 is 12.4 Å². The smallest absolute Gasteiger partial charge is 0.121 e. The van der Waals surface area contributed by atoms with Gasteiger partial charge in [-0.25, -0.2) is 4.39 Å². The van der Waals surface area contributed by atoms with E-state index in [1.807, 2.05) is 11.8 Å². The third-order valence-electron chi connectivity index (χ3n) is 2.17. The Bertz CT molecular complexity index is 218. The number of unbranched alkanes of at least 4 members (excludes halogenated alkanes) is 4. The second-order valence-corrected chi connectivity index (χ2v) is 7.93. The first kappa shape index (κ1) is 20.0. The number of aliphatic hydroxyl groups excluding tert-OH is 1. The average Bonchev–Trinajstić information content (AvgIpc) is 2.43. The maximum Gasteiger partial charge on any atom is 0.121 e. The minimum absolute atomic E-state index is 0.423. The Morgan fingerprint density at radius 2 is 1.95 bits per heavy atom. The van der Waals surface area contributed by atoms with Crippen LogP contribution in [-0.4, -0.2) is 33.6 Å². The number of hydrogen-bond donors (Lipinski definition) is 2. The summed E-state index contributed by atoms with van der Waals surface area (Å²) in [7, 11) is 0. The van der Waals surface area contributed by atoms with Gasteiger partial charge in [0.15, 0.2) is 0 Å². The summed E-state index contributed by atoms with van der Waals surface area (Å²) in [6.07, 6.45) is 6.38. The zero-order valence-corrected chi connectivity index (χ0v) is 14.4. The Morgan fingerprint density at radius 1 is 1.16 bits per heavy atom. The highest BCUT2D eigenvalue weighted by Gasteiger charge is 1.94. The van der Waals surface area contributed by atoms with Crippen molar-refractivity contribution >= 4 is 48.2 Å². The molecule has 0 aromatic heterocycles. The van der Waals surface area contributed by atoms with Gasteiger partial charge in [-0.3, -0.25) is 0 Å². The van der Waals surface area contributed by atoms with E-state index in [-0.39, 0.29) is 0 Å². The molecule has 0 radical (unpaired) electrons. The summed E-state index contributed by atoms with van der Waals surface area (Å²) in [5.41, 5.74) is 0. The second kappa shape index (κ2) is 17.0. The lowest BCUT2D eigenvalue weighted by Crippen LogP contribution is -1.88. The molecule has 1 N–H and O–H groups in total. The number of halogens is 1. The molecule has 0 heterocycles. The van der Waals surface area contributed by atoms with Crippen LogP contribution in [0.15, 0.2) is 11.9 Å². The molecular formula is C12H23FO2S4. The van der Waals surface area contributed by atoms with Gasteiger partial charge in [0.2, 0.25) is 0 Å². The highest BCUT2D eigenvalue weighted by atomic mass is 32.2. The molecule has 0 rings (SSSR count). The summed E-state index contributed by atoms with van der Waals surface area (Å²) in [5.74, 6) is -0.423. The highest BCUT2D eigenvalue weighted by molar-refractivity contribution is 8.23. The lowest BCUT2D eigenvalue weighted by Gasteiger charge is -2.02. The number of rotatable bonds is 14. The Kier molecular flexibility index (Phi) is 17.9. The van der Waals surface area contributed by atoms with Crippen molar-refractivity contribution in [2.75, 3.05) is 28.5 Å². The molecule has 0 saturated carbocycles. The van der Waals surface area contributed by atoms with Crippen LogP contribution in [0.2, 0.25) is 0 Å². The van der Waals surface area contributed by atoms with Crippen molar-refractivity contribution in [2.24, 2.45) is 0 Å². The van der Waals surface area contributed by atoms with Crippen LogP contribution in [0.5, 0.6) is 0 Å². The van der Waals surface area contributed by atoms with Gasteiger partial charge in [0, 0.05) is 22.2 Å². The lowest BCUT2D eigenvalue weighted by molar-refractivity contribution is 0.297. The molecule has 0 aliphatic rings. The van der Waals surface area contributed by atoms with Crippen LogP contribution in [0.4, 0.5) is 4.39 Å². The molecule has 19 heavy (non-hydrogen) atoms. The van der Waals surface area contributed by atoms with E-state index >= 15 is 0 Å². The zero-order valence-electron chi connectivity index (χ0n) is 11.1. The minimum Gasteiger partial charge on any atom is -0.389 e. The number of thiol groups is 1. The molecule has 0 aliphatic heterocycles. The molecule has 0 amide bonds. The standard InChI is InChI=1S/C12H23FO2S4/c13-12(8-14)6-4-2-1-3-5-7-15-19-11-18-10-17-9-16/h6,14,16H,1-5,7-11H2/b12-6-. The molecule has 0 atom stereocenters. The van der Waals surface area contributed by atoms with E-state index in [1.165, 1.54) is 18.1 Å². The van der Waals surface area contributed by atoms with E-state index in [0.29, 0.717) is 6.42 Å². The first-order valence-corrected chi connectivity index (χ1v) is 10.1. The molecule has 0 aliphatic carbocycles. The van der Waals surface area contributed by atoms with Gasteiger partial charge >= 0.3 is 0 Å². The summed E-state index contributed by atoms with van der Waals surface area (Å²) in [6.45, 7) is 0.307. The molecule has 0 saturated heterocycles. The van der Waals surface area contributed by atoms with E-state index in [1.54, 1.807) is 11.8 Å². The maximum absolute atomic E-state index is 12.5. The Hall–Kier alpha value is 0.990. The lowest BCUT2D eigenvalue weighted by atomic mass is 10.1. The van der Waals surface area contributed by atoms with E-state index in [2.05, 4.69) is 12.6 Å². The monoisotopic (exact) mass is 346 g/mol. The van der Waals surface area contributed by atoms with Crippen LogP contribution in [0, 0.1) is 0 Å². The van der Waals surface area contributed by atoms with Gasteiger partial charge in [-0.15, -0.1) is 23.5 Å². The number of allylic oxidation sites excluding steroid dienone is 1. The fourth-order valence-corrected chi connectivity index (χ4v) is 4.34. The summed E-state index contributed by atoms with van der Waals surface area (Å²) in [5, 5.41) is 11.4. The number of thioether (sulfide) groups is 2. The van der Waals surface area contributed by atoms with Crippen LogP contribution in [0.3, 0.4) is 0 Å². The van der Waals surface area contributed by atoms with Crippen molar-refractivity contribution in [3.8, 4) is 0 Å². The Morgan fingerprint density at radius 3 is 2.68 bits per heavy atom. The molecule has 2 nitrogen and oxygen atoms in total. The van der Waals surface area contributed by atoms with E-state index in [0.717, 1.165) is 47.5 Å². The normalized spacial score (nSPS) is 12.1. The topological polar surface area (TPSA) is 29.5 Å². The van der Waals surface area contributed by atoms with Crippen LogP contribution < -0.4 is 0 Å². The van der Waals surface area contributed by atoms with Crippen molar-refractivity contribution in [1.29, 1.82) is 0 Å². The highest BCUT2D eigenvalue weighted by Crippen LogP contribution is 2.19. The second-order valence-electron chi connectivity index (χ2n) is 3.72. The Labute approximate surface area is 134 Å². The minimum atomic E-state index is -0.477. The Balaban J connectivity index is 3.03.